The average molecular weight is 649 g/mol. The monoisotopic (exact) mass is 648 g/mol. The predicted molar refractivity (Wildman–Crippen MR) is 163 cm³/mol. The summed E-state index contributed by atoms with van der Waals surface area (Å²) in [6.07, 6.45) is 8.12. The smallest absolute Gasteiger partial charge is 0.303 e. The van der Waals surface area contributed by atoms with Gasteiger partial charge in [0.15, 0.2) is 11.9 Å². The molecule has 11 heteroatoms. The minimum Gasteiger partial charge on any atom is -0.462 e. The van der Waals surface area contributed by atoms with E-state index in [9.17, 15) is 32.4 Å². The first-order valence-electron chi connectivity index (χ1n) is 16.2. The molecule has 0 aromatic carbocycles. The van der Waals surface area contributed by atoms with Crippen molar-refractivity contribution in [2.75, 3.05) is 12.9 Å². The maximum absolute atomic E-state index is 13.7. The van der Waals surface area contributed by atoms with E-state index in [0.717, 1.165) is 38.4 Å². The lowest BCUT2D eigenvalue weighted by Gasteiger charge is -2.61. The highest BCUT2D eigenvalue weighted by atomic mass is 32.2. The predicted octanol–water partition coefficient (Wildman–Crippen LogP) is 4.24. The van der Waals surface area contributed by atoms with Crippen molar-refractivity contribution in [2.24, 2.45) is 57.2 Å². The molecular weight excluding hydrogens is 600 g/mol. The molecule has 4 fully saturated rings. The summed E-state index contributed by atoms with van der Waals surface area (Å²) in [6, 6.07) is 0. The fourth-order valence-electron chi connectivity index (χ4n) is 11.1. The number of carbonyl (C=O) groups excluding carboxylic acids is 5. The first kappa shape index (κ1) is 33.9. The van der Waals surface area contributed by atoms with E-state index in [4.69, 9.17) is 13.7 Å². The van der Waals surface area contributed by atoms with Crippen LogP contribution in [0.5, 0.6) is 0 Å². The Kier molecular flexibility index (Phi) is 8.37. The van der Waals surface area contributed by atoms with Gasteiger partial charge in [0, 0.05) is 37.5 Å². The van der Waals surface area contributed by atoms with E-state index in [1.165, 1.54) is 20.8 Å². The Bertz CT molecular complexity index is 1450. The molecule has 0 unspecified atom stereocenters. The van der Waals surface area contributed by atoms with Crippen LogP contribution in [0.1, 0.15) is 87.0 Å². The van der Waals surface area contributed by atoms with Gasteiger partial charge >= 0.3 is 11.9 Å². The van der Waals surface area contributed by atoms with Crippen LogP contribution in [0.15, 0.2) is 12.2 Å². The van der Waals surface area contributed by atoms with E-state index in [1.54, 1.807) is 13.0 Å². The van der Waals surface area contributed by atoms with Crippen molar-refractivity contribution in [3.63, 3.8) is 0 Å². The molecule has 0 bridgehead atoms. The van der Waals surface area contributed by atoms with Gasteiger partial charge in [-0.3, -0.25) is 28.2 Å². The fourth-order valence-corrected chi connectivity index (χ4v) is 11.5. The van der Waals surface area contributed by atoms with E-state index in [0.29, 0.717) is 18.3 Å². The summed E-state index contributed by atoms with van der Waals surface area (Å²) in [5, 5.41) is 0. The number of esters is 2. The van der Waals surface area contributed by atoms with Crippen molar-refractivity contribution in [1.29, 1.82) is 0 Å². The summed E-state index contributed by atoms with van der Waals surface area (Å²) in [7, 11) is -3.84. The molecule has 4 saturated carbocycles. The number of ether oxygens (including phenoxy) is 2. The first-order chi connectivity index (χ1) is 20.7. The Balaban J connectivity index is 1.49. The lowest BCUT2D eigenvalue weighted by atomic mass is 9.43. The molecule has 250 valence electrons. The number of ketones is 3. The van der Waals surface area contributed by atoms with Crippen LogP contribution in [0.4, 0.5) is 0 Å². The molecule has 0 radical (unpaired) electrons. The zero-order chi connectivity index (χ0) is 33.5. The van der Waals surface area contributed by atoms with Crippen LogP contribution < -0.4 is 0 Å². The van der Waals surface area contributed by atoms with Crippen LogP contribution in [-0.2, 0) is 47.7 Å². The molecule has 0 N–H and O–H groups in total. The van der Waals surface area contributed by atoms with E-state index in [-0.39, 0.29) is 27.9 Å². The largest absolute Gasteiger partial charge is 0.462 e. The number of hydrogen-bond donors (Lipinski definition) is 0. The Morgan fingerprint density at radius 2 is 1.67 bits per heavy atom. The Morgan fingerprint density at radius 1 is 1.00 bits per heavy atom. The lowest BCUT2D eigenvalue weighted by Crippen LogP contribution is -2.56. The maximum atomic E-state index is 13.7. The molecule has 0 aromatic heterocycles. The highest BCUT2D eigenvalue weighted by molar-refractivity contribution is 7.85. The van der Waals surface area contributed by atoms with Crippen molar-refractivity contribution in [2.45, 2.75) is 99.2 Å². The van der Waals surface area contributed by atoms with Crippen LogP contribution in [0, 0.1) is 57.2 Å². The molecule has 0 aromatic rings. The number of fused-ring (bicyclic) bond motifs is 2. The SMILES string of the molecule is CC(=O)O[C@H]1C[C@@]2(C)[C@@H]3CC[C@H]4[C@H](C)C(=O)C=C[C@@]45C[C@@]35CC[C@]2(C)[C@H]1[C@H](C)[C@@H](OC(C)=O)C(=O)C(=O)[C@@H](C)COS(C)(=O)=O. The maximum Gasteiger partial charge on any atom is 0.303 e. The van der Waals surface area contributed by atoms with Gasteiger partial charge in [-0.25, -0.2) is 0 Å². The minimum atomic E-state index is -3.84. The lowest BCUT2D eigenvalue weighted by molar-refractivity contribution is -0.169. The quantitative estimate of drug-likeness (QED) is 0.191. The molecule has 5 aliphatic rings. The third-order valence-corrected chi connectivity index (χ3v) is 13.7. The molecular formula is C34H48O10S. The van der Waals surface area contributed by atoms with Gasteiger partial charge in [0.2, 0.25) is 11.6 Å². The Morgan fingerprint density at radius 3 is 2.27 bits per heavy atom. The molecule has 2 spiro atoms. The number of rotatable bonds is 10. The van der Waals surface area contributed by atoms with Gasteiger partial charge in [0.05, 0.1) is 12.9 Å². The molecule has 0 saturated heterocycles. The molecule has 45 heavy (non-hydrogen) atoms. The molecule has 10 nitrogen and oxygen atoms in total. The zero-order valence-electron chi connectivity index (χ0n) is 27.7. The second-order valence-corrected chi connectivity index (χ2v) is 17.0. The van der Waals surface area contributed by atoms with Gasteiger partial charge in [-0.05, 0) is 78.1 Å². The molecule has 5 aliphatic carbocycles. The minimum absolute atomic E-state index is 0.000141. The summed E-state index contributed by atoms with van der Waals surface area (Å²) in [5.74, 6) is -4.32. The number of hydrogen-bond acceptors (Lipinski definition) is 10. The Hall–Kier alpha value is -2.40. The van der Waals surface area contributed by atoms with E-state index in [2.05, 4.69) is 26.8 Å². The van der Waals surface area contributed by atoms with Gasteiger partial charge in [-0.15, -0.1) is 0 Å². The van der Waals surface area contributed by atoms with Crippen LogP contribution >= 0.6 is 0 Å². The summed E-state index contributed by atoms with van der Waals surface area (Å²) < 4.78 is 39.4. The van der Waals surface area contributed by atoms with E-state index in [1.807, 2.05) is 0 Å². The zero-order valence-corrected chi connectivity index (χ0v) is 28.5. The van der Waals surface area contributed by atoms with Crippen LogP contribution in [0.2, 0.25) is 0 Å². The fraction of sp³-hybridized carbons (Fsp3) is 0.794. The molecule has 0 aliphatic heterocycles. The summed E-state index contributed by atoms with van der Waals surface area (Å²) in [6.45, 7) is 11.8. The third-order valence-electron chi connectivity index (χ3n) is 13.2. The summed E-state index contributed by atoms with van der Waals surface area (Å²) in [5.41, 5.74) is -0.654. The van der Waals surface area contributed by atoms with Gasteiger partial charge in [0.1, 0.15) is 6.10 Å². The second kappa shape index (κ2) is 11.1. The van der Waals surface area contributed by atoms with Crippen molar-refractivity contribution in [3.05, 3.63) is 12.2 Å². The van der Waals surface area contributed by atoms with Crippen molar-refractivity contribution < 1.29 is 46.0 Å². The van der Waals surface area contributed by atoms with Crippen LogP contribution in [0.3, 0.4) is 0 Å². The van der Waals surface area contributed by atoms with Crippen LogP contribution in [0.25, 0.3) is 0 Å². The number of allylic oxidation sites excluding steroid dienone is 2. The van der Waals surface area contributed by atoms with Crippen molar-refractivity contribution >= 4 is 39.4 Å². The number of carbonyl (C=O) groups is 5. The van der Waals surface area contributed by atoms with Gasteiger partial charge in [-0.1, -0.05) is 40.7 Å². The third kappa shape index (κ3) is 5.15. The summed E-state index contributed by atoms with van der Waals surface area (Å²) >= 11 is 0. The van der Waals surface area contributed by atoms with Crippen molar-refractivity contribution in [3.8, 4) is 0 Å². The first-order valence-corrected chi connectivity index (χ1v) is 18.1. The topological polar surface area (TPSA) is 147 Å². The Labute approximate surface area is 266 Å². The standard InChI is InChI=1S/C34H48O10S/c1-18(16-42-45(8,40)41)28(38)29(39)30(44-22(5)36)20(3)27-25(43-21(4)35)15-32(7)26-10-9-23-19(2)24(37)11-12-33(23)17-34(26,33)14-13-31(27,32)6/h11-12,18-20,23,25-27,30H,9-10,13-17H2,1-8H3/t18-,19-,20-,23-,25-,26-,27-,30+,31+,32-,33+,34-/m0/s1. The van der Waals surface area contributed by atoms with E-state index >= 15 is 0 Å². The average Bonchev–Trinajstić information content (AvgIpc) is 3.55. The highest BCUT2D eigenvalue weighted by Gasteiger charge is 2.81. The molecule has 5 rings (SSSR count). The molecule has 0 amide bonds. The van der Waals surface area contributed by atoms with E-state index < -0.39 is 75.6 Å². The van der Waals surface area contributed by atoms with Gasteiger partial charge in [0.25, 0.3) is 10.1 Å². The van der Waals surface area contributed by atoms with Crippen LogP contribution in [-0.4, -0.2) is 62.8 Å². The summed E-state index contributed by atoms with van der Waals surface area (Å²) in [4.78, 5) is 64.5. The normalized spacial score (nSPS) is 41.8. The van der Waals surface area contributed by atoms with Gasteiger partial charge in [-0.2, -0.15) is 8.42 Å². The second-order valence-electron chi connectivity index (χ2n) is 15.4. The molecule has 12 atom stereocenters. The van der Waals surface area contributed by atoms with Gasteiger partial charge < -0.3 is 9.47 Å². The van der Waals surface area contributed by atoms with Crippen molar-refractivity contribution in [1.82, 2.24) is 0 Å². The molecule has 0 heterocycles. The highest BCUT2D eigenvalue weighted by Crippen LogP contribution is 2.87. The number of Topliss-reactive ketones (excluding diaryl/α,β-unsaturated/α-hetero) is 2.